The Kier molecular flexibility index (Phi) is 5.79. The molecule has 0 aromatic heterocycles. The molecular weight excluding hydrogens is 184 g/mol. The van der Waals surface area contributed by atoms with Gasteiger partial charge in [-0.15, -0.1) is 0 Å². The number of aliphatic hydroxyl groups is 1. The minimum Gasteiger partial charge on any atom is -0.384 e. The molecule has 0 spiro atoms. The zero-order valence-electron chi connectivity index (χ0n) is 9.39. The molecule has 15 heavy (non-hydrogen) atoms. The molecule has 0 aliphatic carbocycles. The third-order valence-electron chi connectivity index (χ3n) is 2.43. The molecule has 0 bridgehead atoms. The molecule has 0 amide bonds. The van der Waals surface area contributed by atoms with Crippen LogP contribution in [0, 0.1) is 0 Å². The quantitative estimate of drug-likeness (QED) is 0.551. The number of benzene rings is 1. The molecule has 1 heteroatoms. The van der Waals surface area contributed by atoms with Gasteiger partial charge in [-0.25, -0.2) is 0 Å². The fraction of sp³-hybridized carbons (Fsp3) is 0.429. The molecule has 0 heterocycles. The van der Waals surface area contributed by atoms with Crippen molar-refractivity contribution in [2.24, 2.45) is 0 Å². The molecule has 1 nitrogen and oxygen atoms in total. The summed E-state index contributed by atoms with van der Waals surface area (Å²) >= 11 is 0. The lowest BCUT2D eigenvalue weighted by atomic mass is 10.1. The van der Waals surface area contributed by atoms with Gasteiger partial charge in [-0.05, 0) is 18.4 Å². The first-order chi connectivity index (χ1) is 7.34. The fourth-order valence-electron chi connectivity index (χ4n) is 1.50. The number of hydrogen-bond acceptors (Lipinski definition) is 1. The van der Waals surface area contributed by atoms with E-state index in [0.29, 0.717) is 0 Å². The Labute approximate surface area is 92.5 Å². The van der Waals surface area contributed by atoms with E-state index < -0.39 is 6.10 Å². The van der Waals surface area contributed by atoms with Gasteiger partial charge < -0.3 is 5.11 Å². The number of rotatable bonds is 6. The van der Waals surface area contributed by atoms with Gasteiger partial charge in [0, 0.05) is 0 Å². The van der Waals surface area contributed by atoms with E-state index in [1.165, 1.54) is 19.3 Å². The number of allylic oxidation sites excluding steroid dienone is 1. The van der Waals surface area contributed by atoms with Crippen molar-refractivity contribution in [3.05, 3.63) is 48.0 Å². The van der Waals surface area contributed by atoms with E-state index in [0.717, 1.165) is 12.0 Å². The van der Waals surface area contributed by atoms with Crippen LogP contribution in [0.5, 0.6) is 0 Å². The largest absolute Gasteiger partial charge is 0.384 e. The second-order valence-corrected chi connectivity index (χ2v) is 3.78. The highest BCUT2D eigenvalue weighted by atomic mass is 16.3. The van der Waals surface area contributed by atoms with E-state index in [2.05, 4.69) is 13.0 Å². The third kappa shape index (κ3) is 4.80. The van der Waals surface area contributed by atoms with Crippen LogP contribution < -0.4 is 0 Å². The average molecular weight is 204 g/mol. The van der Waals surface area contributed by atoms with E-state index >= 15 is 0 Å². The van der Waals surface area contributed by atoms with E-state index in [9.17, 15) is 5.11 Å². The predicted molar refractivity (Wildman–Crippen MR) is 64.7 cm³/mol. The van der Waals surface area contributed by atoms with Crippen LogP contribution in [0.1, 0.15) is 44.3 Å². The molecule has 0 radical (unpaired) electrons. The highest BCUT2D eigenvalue weighted by Crippen LogP contribution is 2.13. The Balaban J connectivity index is 2.32. The highest BCUT2D eigenvalue weighted by Gasteiger charge is 2.00. The van der Waals surface area contributed by atoms with E-state index in [-0.39, 0.29) is 0 Å². The molecule has 0 fully saturated rings. The molecule has 1 aromatic rings. The van der Waals surface area contributed by atoms with Crippen molar-refractivity contribution < 1.29 is 5.11 Å². The minimum atomic E-state index is -0.451. The monoisotopic (exact) mass is 204 g/mol. The summed E-state index contributed by atoms with van der Waals surface area (Å²) in [7, 11) is 0. The lowest BCUT2D eigenvalue weighted by molar-refractivity contribution is 0.228. The summed E-state index contributed by atoms with van der Waals surface area (Å²) < 4.78 is 0. The number of unbranched alkanes of at least 4 members (excludes halogenated alkanes) is 3. The maximum Gasteiger partial charge on any atom is 0.0971 e. The van der Waals surface area contributed by atoms with Crippen LogP contribution in [-0.2, 0) is 0 Å². The standard InChI is InChI=1S/C14H20O/c1-2-3-4-5-9-12-14(15)13-10-7-6-8-11-13/h6-12,14-15H,2-5H2,1H3/b12-9+. The van der Waals surface area contributed by atoms with Gasteiger partial charge in [0.05, 0.1) is 6.10 Å². The Bertz CT molecular complexity index is 277. The maximum atomic E-state index is 9.79. The number of hydrogen-bond donors (Lipinski definition) is 1. The zero-order valence-corrected chi connectivity index (χ0v) is 9.39. The molecular formula is C14H20O. The maximum absolute atomic E-state index is 9.79. The highest BCUT2D eigenvalue weighted by molar-refractivity contribution is 5.20. The minimum absolute atomic E-state index is 0.451. The van der Waals surface area contributed by atoms with Crippen LogP contribution in [0.25, 0.3) is 0 Å². The molecule has 1 aromatic carbocycles. The van der Waals surface area contributed by atoms with Crippen molar-refractivity contribution in [2.75, 3.05) is 0 Å². The van der Waals surface area contributed by atoms with E-state index in [4.69, 9.17) is 0 Å². The first kappa shape index (κ1) is 12.0. The second-order valence-electron chi connectivity index (χ2n) is 3.78. The molecule has 0 saturated carbocycles. The Hall–Kier alpha value is -1.08. The van der Waals surface area contributed by atoms with Gasteiger partial charge >= 0.3 is 0 Å². The number of aliphatic hydroxyl groups excluding tert-OH is 1. The Morgan fingerprint density at radius 1 is 1.20 bits per heavy atom. The lowest BCUT2D eigenvalue weighted by Crippen LogP contribution is -1.91. The molecule has 1 rings (SSSR count). The average Bonchev–Trinajstić information content (AvgIpc) is 2.30. The molecule has 0 aliphatic rings. The van der Waals surface area contributed by atoms with Gasteiger partial charge in [0.25, 0.3) is 0 Å². The van der Waals surface area contributed by atoms with Gasteiger partial charge in [0.2, 0.25) is 0 Å². The van der Waals surface area contributed by atoms with Crippen molar-refractivity contribution in [1.82, 2.24) is 0 Å². The van der Waals surface area contributed by atoms with Crippen molar-refractivity contribution in [1.29, 1.82) is 0 Å². The zero-order chi connectivity index (χ0) is 10.9. The first-order valence-electron chi connectivity index (χ1n) is 5.74. The molecule has 0 aliphatic heterocycles. The SMILES string of the molecule is CCCCC/C=C/C(O)c1ccccc1. The summed E-state index contributed by atoms with van der Waals surface area (Å²) in [4.78, 5) is 0. The van der Waals surface area contributed by atoms with E-state index in [1.54, 1.807) is 0 Å². The van der Waals surface area contributed by atoms with E-state index in [1.807, 2.05) is 36.4 Å². The topological polar surface area (TPSA) is 20.2 Å². The summed E-state index contributed by atoms with van der Waals surface area (Å²) in [6.07, 6.45) is 8.30. The molecule has 1 N–H and O–H groups in total. The first-order valence-corrected chi connectivity index (χ1v) is 5.74. The van der Waals surface area contributed by atoms with Gasteiger partial charge in [-0.1, -0.05) is 62.2 Å². The van der Waals surface area contributed by atoms with Crippen LogP contribution in [0.4, 0.5) is 0 Å². The smallest absolute Gasteiger partial charge is 0.0971 e. The summed E-state index contributed by atoms with van der Waals surface area (Å²) in [5.41, 5.74) is 0.962. The van der Waals surface area contributed by atoms with Crippen LogP contribution in [-0.4, -0.2) is 5.11 Å². The van der Waals surface area contributed by atoms with Crippen LogP contribution in [0.2, 0.25) is 0 Å². The second kappa shape index (κ2) is 7.24. The Morgan fingerprint density at radius 2 is 1.93 bits per heavy atom. The van der Waals surface area contributed by atoms with Crippen molar-refractivity contribution in [3.63, 3.8) is 0 Å². The van der Waals surface area contributed by atoms with Crippen molar-refractivity contribution in [2.45, 2.75) is 38.7 Å². The van der Waals surface area contributed by atoms with Gasteiger partial charge in [0.1, 0.15) is 0 Å². The van der Waals surface area contributed by atoms with Gasteiger partial charge in [-0.2, -0.15) is 0 Å². The lowest BCUT2D eigenvalue weighted by Gasteiger charge is -2.04. The molecule has 1 unspecified atom stereocenters. The summed E-state index contributed by atoms with van der Waals surface area (Å²) in [5.74, 6) is 0. The summed E-state index contributed by atoms with van der Waals surface area (Å²) in [6, 6.07) is 9.75. The Morgan fingerprint density at radius 3 is 2.60 bits per heavy atom. The third-order valence-corrected chi connectivity index (χ3v) is 2.43. The van der Waals surface area contributed by atoms with Crippen LogP contribution in [0.3, 0.4) is 0 Å². The van der Waals surface area contributed by atoms with Gasteiger partial charge in [0.15, 0.2) is 0 Å². The van der Waals surface area contributed by atoms with Crippen LogP contribution >= 0.6 is 0 Å². The predicted octanol–water partition coefficient (Wildman–Crippen LogP) is 3.86. The summed E-state index contributed by atoms with van der Waals surface area (Å²) in [5, 5.41) is 9.79. The van der Waals surface area contributed by atoms with Gasteiger partial charge in [-0.3, -0.25) is 0 Å². The van der Waals surface area contributed by atoms with Crippen molar-refractivity contribution >= 4 is 0 Å². The normalized spacial score (nSPS) is 13.2. The van der Waals surface area contributed by atoms with Crippen molar-refractivity contribution in [3.8, 4) is 0 Å². The molecule has 82 valence electrons. The van der Waals surface area contributed by atoms with Crippen LogP contribution in [0.15, 0.2) is 42.5 Å². The molecule has 0 saturated heterocycles. The summed E-state index contributed by atoms with van der Waals surface area (Å²) in [6.45, 7) is 2.20. The molecule has 1 atom stereocenters. The fourth-order valence-corrected chi connectivity index (χ4v) is 1.50.